The van der Waals surface area contributed by atoms with E-state index in [1.165, 1.54) is 12.8 Å². The third-order valence-electron chi connectivity index (χ3n) is 4.42. The van der Waals surface area contributed by atoms with E-state index in [0.29, 0.717) is 43.9 Å². The van der Waals surface area contributed by atoms with Gasteiger partial charge < -0.3 is 10.6 Å². The second-order valence-electron chi connectivity index (χ2n) is 6.18. The number of carbonyl (C=O) groups excluding carboxylic acids is 1. The standard InChI is InChI=1S/C14H27N3O3S.ClH/c1-2-21(19,20)16-7-3-6-15-14(18)10-11-8-12-4-5-13(9-11)17-12;/h11-13,16-17H,2-10H2,1H3,(H,15,18);1H. The van der Waals surface area contributed by atoms with Gasteiger partial charge in [-0.1, -0.05) is 0 Å². The molecule has 2 aliphatic rings. The fourth-order valence-corrected chi connectivity index (χ4v) is 3.98. The first kappa shape index (κ1) is 19.7. The number of carbonyl (C=O) groups is 1. The number of amides is 1. The Morgan fingerprint density at radius 1 is 1.18 bits per heavy atom. The summed E-state index contributed by atoms with van der Waals surface area (Å²) in [5.74, 6) is 0.694. The van der Waals surface area contributed by atoms with Crippen molar-refractivity contribution in [1.82, 2.24) is 15.4 Å². The molecule has 0 spiro atoms. The van der Waals surface area contributed by atoms with Gasteiger partial charge in [0, 0.05) is 31.6 Å². The van der Waals surface area contributed by atoms with Gasteiger partial charge in [0.05, 0.1) is 5.75 Å². The molecular formula is C14H28ClN3O3S. The van der Waals surface area contributed by atoms with Crippen molar-refractivity contribution in [2.24, 2.45) is 5.92 Å². The molecule has 2 unspecified atom stereocenters. The number of fused-ring (bicyclic) bond motifs is 2. The van der Waals surface area contributed by atoms with Crippen molar-refractivity contribution in [2.75, 3.05) is 18.8 Å². The molecule has 2 atom stereocenters. The van der Waals surface area contributed by atoms with Gasteiger partial charge in [-0.15, -0.1) is 12.4 Å². The first-order valence-corrected chi connectivity index (χ1v) is 9.64. The lowest BCUT2D eigenvalue weighted by Gasteiger charge is -2.28. The maximum atomic E-state index is 11.9. The van der Waals surface area contributed by atoms with Crippen molar-refractivity contribution in [3.8, 4) is 0 Å². The summed E-state index contributed by atoms with van der Waals surface area (Å²) in [6, 6.07) is 1.23. The highest BCUT2D eigenvalue weighted by Gasteiger charge is 2.33. The zero-order valence-corrected chi connectivity index (χ0v) is 14.8. The fourth-order valence-electron chi connectivity index (χ4n) is 3.32. The number of rotatable bonds is 8. The van der Waals surface area contributed by atoms with Crippen LogP contribution in [0.1, 0.15) is 45.4 Å². The Balaban J connectivity index is 0.00000242. The Morgan fingerprint density at radius 3 is 2.41 bits per heavy atom. The Labute approximate surface area is 139 Å². The molecule has 0 aromatic rings. The van der Waals surface area contributed by atoms with Crippen LogP contribution in [0.25, 0.3) is 0 Å². The van der Waals surface area contributed by atoms with Crippen LogP contribution in [0.2, 0.25) is 0 Å². The average Bonchev–Trinajstić information content (AvgIpc) is 2.77. The van der Waals surface area contributed by atoms with Crippen LogP contribution < -0.4 is 15.4 Å². The summed E-state index contributed by atoms with van der Waals surface area (Å²) in [7, 11) is -3.12. The molecule has 0 saturated carbocycles. The molecule has 0 aromatic heterocycles. The predicted molar refractivity (Wildman–Crippen MR) is 89.6 cm³/mol. The first-order chi connectivity index (χ1) is 9.98. The molecule has 1 amide bonds. The normalized spacial score (nSPS) is 27.2. The Morgan fingerprint density at radius 2 is 1.82 bits per heavy atom. The highest BCUT2D eigenvalue weighted by Crippen LogP contribution is 2.32. The van der Waals surface area contributed by atoms with Gasteiger partial charge in [-0.3, -0.25) is 4.79 Å². The molecule has 2 rings (SSSR count). The highest BCUT2D eigenvalue weighted by atomic mass is 35.5. The van der Waals surface area contributed by atoms with Crippen LogP contribution in [0.15, 0.2) is 0 Å². The van der Waals surface area contributed by atoms with Crippen molar-refractivity contribution in [1.29, 1.82) is 0 Å². The number of hydrogen-bond acceptors (Lipinski definition) is 4. The van der Waals surface area contributed by atoms with Crippen molar-refractivity contribution in [3.05, 3.63) is 0 Å². The van der Waals surface area contributed by atoms with Crippen LogP contribution >= 0.6 is 12.4 Å². The summed E-state index contributed by atoms with van der Waals surface area (Å²) in [6.45, 7) is 2.52. The topological polar surface area (TPSA) is 87.3 Å². The van der Waals surface area contributed by atoms with Crippen LogP contribution in [-0.4, -0.2) is 45.3 Å². The van der Waals surface area contributed by atoms with E-state index in [1.807, 2.05) is 0 Å². The first-order valence-electron chi connectivity index (χ1n) is 7.98. The van der Waals surface area contributed by atoms with E-state index in [9.17, 15) is 13.2 Å². The lowest BCUT2D eigenvalue weighted by atomic mass is 9.89. The lowest BCUT2D eigenvalue weighted by Crippen LogP contribution is -2.40. The second kappa shape index (κ2) is 9.05. The molecule has 6 nitrogen and oxygen atoms in total. The quantitative estimate of drug-likeness (QED) is 0.563. The molecule has 8 heteroatoms. The zero-order valence-electron chi connectivity index (χ0n) is 13.1. The minimum Gasteiger partial charge on any atom is -0.356 e. The van der Waals surface area contributed by atoms with E-state index in [0.717, 1.165) is 12.8 Å². The minimum atomic E-state index is -3.12. The fraction of sp³-hybridized carbons (Fsp3) is 0.929. The second-order valence-corrected chi connectivity index (χ2v) is 8.28. The van der Waals surface area contributed by atoms with E-state index in [4.69, 9.17) is 0 Å². The van der Waals surface area contributed by atoms with Crippen molar-refractivity contribution in [3.63, 3.8) is 0 Å². The van der Waals surface area contributed by atoms with Gasteiger partial charge >= 0.3 is 0 Å². The van der Waals surface area contributed by atoms with Crippen LogP contribution in [0, 0.1) is 5.92 Å². The summed E-state index contributed by atoms with van der Waals surface area (Å²) < 4.78 is 24.9. The highest BCUT2D eigenvalue weighted by molar-refractivity contribution is 7.89. The maximum absolute atomic E-state index is 11.9. The Bertz CT molecular complexity index is 446. The molecule has 2 fully saturated rings. The van der Waals surface area contributed by atoms with Crippen molar-refractivity contribution >= 4 is 28.3 Å². The van der Waals surface area contributed by atoms with Gasteiger partial charge in [0.2, 0.25) is 15.9 Å². The molecule has 3 N–H and O–H groups in total. The van der Waals surface area contributed by atoms with Gasteiger partial charge in [-0.2, -0.15) is 0 Å². The molecular weight excluding hydrogens is 326 g/mol. The van der Waals surface area contributed by atoms with Crippen molar-refractivity contribution < 1.29 is 13.2 Å². The molecule has 2 bridgehead atoms. The van der Waals surface area contributed by atoms with Gasteiger partial charge in [-0.05, 0) is 44.9 Å². The molecule has 2 saturated heterocycles. The number of halogens is 1. The summed E-state index contributed by atoms with van der Waals surface area (Å²) in [4.78, 5) is 11.9. The molecule has 0 aliphatic carbocycles. The molecule has 2 aliphatic heterocycles. The summed E-state index contributed by atoms with van der Waals surface area (Å²) >= 11 is 0. The van der Waals surface area contributed by atoms with Gasteiger partial charge in [0.1, 0.15) is 0 Å². The van der Waals surface area contributed by atoms with E-state index >= 15 is 0 Å². The monoisotopic (exact) mass is 353 g/mol. The molecule has 0 aromatic carbocycles. The van der Waals surface area contributed by atoms with E-state index in [-0.39, 0.29) is 24.1 Å². The molecule has 130 valence electrons. The van der Waals surface area contributed by atoms with E-state index in [1.54, 1.807) is 6.92 Å². The van der Waals surface area contributed by atoms with E-state index < -0.39 is 10.0 Å². The third kappa shape index (κ3) is 6.40. The molecule has 22 heavy (non-hydrogen) atoms. The summed E-state index contributed by atoms with van der Waals surface area (Å²) in [5, 5.41) is 6.47. The van der Waals surface area contributed by atoms with Crippen LogP contribution in [0.4, 0.5) is 0 Å². The number of hydrogen-bond donors (Lipinski definition) is 3. The average molecular weight is 354 g/mol. The summed E-state index contributed by atoms with van der Waals surface area (Å²) in [6.07, 6.45) is 5.96. The zero-order chi connectivity index (χ0) is 15.3. The van der Waals surface area contributed by atoms with Crippen LogP contribution in [0.5, 0.6) is 0 Å². The van der Waals surface area contributed by atoms with Crippen molar-refractivity contribution in [2.45, 2.75) is 57.5 Å². The maximum Gasteiger partial charge on any atom is 0.220 e. The van der Waals surface area contributed by atoms with Gasteiger partial charge in [0.15, 0.2) is 0 Å². The minimum absolute atomic E-state index is 0. The third-order valence-corrected chi connectivity index (χ3v) is 5.83. The largest absolute Gasteiger partial charge is 0.356 e. The molecule has 0 radical (unpaired) electrons. The SMILES string of the molecule is CCS(=O)(=O)NCCCNC(=O)CC1CC2CCC(C1)N2.Cl. The number of sulfonamides is 1. The smallest absolute Gasteiger partial charge is 0.220 e. The van der Waals surface area contributed by atoms with E-state index in [2.05, 4.69) is 15.4 Å². The van der Waals surface area contributed by atoms with Crippen LogP contribution in [-0.2, 0) is 14.8 Å². The van der Waals surface area contributed by atoms with Gasteiger partial charge in [0.25, 0.3) is 0 Å². The predicted octanol–water partition coefficient (Wildman–Crippen LogP) is 0.775. The van der Waals surface area contributed by atoms with Crippen LogP contribution in [0.3, 0.4) is 0 Å². The Hall–Kier alpha value is -0.370. The Kier molecular flexibility index (Phi) is 8.10. The number of nitrogens with one attached hydrogen (secondary N) is 3. The number of piperidine rings is 1. The molecule has 2 heterocycles. The van der Waals surface area contributed by atoms with Gasteiger partial charge in [-0.25, -0.2) is 13.1 Å². The lowest BCUT2D eigenvalue weighted by molar-refractivity contribution is -0.122. The summed E-state index contributed by atoms with van der Waals surface area (Å²) in [5.41, 5.74) is 0.